The topological polar surface area (TPSA) is 51.8 Å². The average Bonchev–Trinajstić information content (AvgIpc) is 2.58. The van der Waals surface area contributed by atoms with Crippen molar-refractivity contribution in [2.24, 2.45) is 5.73 Å². The Labute approximate surface area is 104 Å². The van der Waals surface area contributed by atoms with Crippen molar-refractivity contribution < 1.29 is 4.39 Å². The van der Waals surface area contributed by atoms with Gasteiger partial charge >= 0.3 is 0 Å². The fourth-order valence-corrected chi connectivity index (χ4v) is 2.52. The summed E-state index contributed by atoms with van der Waals surface area (Å²) in [4.78, 5) is 9.62. The van der Waals surface area contributed by atoms with Crippen LogP contribution in [0, 0.1) is 19.7 Å². The highest BCUT2D eigenvalue weighted by Gasteiger charge is 2.12. The molecular weight excluding hydrogens is 237 g/mol. The number of aryl methyl sites for hydroxylation is 2. The highest BCUT2D eigenvalue weighted by atomic mass is 32.1. The molecule has 0 aliphatic heterocycles. The first-order valence-electron chi connectivity index (χ1n) is 5.36. The summed E-state index contributed by atoms with van der Waals surface area (Å²) in [5.74, 6) is -0.345. The standard InChI is InChI=1S/C12H14FN3S/c1-7-8(2)17-12(16-7)5-10(14)11-4-3-9(13)6-15-11/h3-4,6,10H,5,14H2,1-2H3. The third kappa shape index (κ3) is 2.87. The largest absolute Gasteiger partial charge is 0.322 e. The van der Waals surface area contributed by atoms with Gasteiger partial charge in [-0.05, 0) is 26.0 Å². The third-order valence-electron chi connectivity index (χ3n) is 2.60. The van der Waals surface area contributed by atoms with E-state index in [9.17, 15) is 4.39 Å². The van der Waals surface area contributed by atoms with E-state index >= 15 is 0 Å². The van der Waals surface area contributed by atoms with Crippen LogP contribution in [-0.4, -0.2) is 9.97 Å². The second-order valence-corrected chi connectivity index (χ2v) is 5.25. The van der Waals surface area contributed by atoms with Gasteiger partial charge in [0.1, 0.15) is 5.82 Å². The van der Waals surface area contributed by atoms with Gasteiger partial charge in [-0.25, -0.2) is 9.37 Å². The van der Waals surface area contributed by atoms with Gasteiger partial charge in [-0.15, -0.1) is 11.3 Å². The molecule has 2 aromatic rings. The van der Waals surface area contributed by atoms with E-state index in [0.717, 1.165) is 10.7 Å². The lowest BCUT2D eigenvalue weighted by molar-refractivity contribution is 0.612. The molecule has 0 aromatic carbocycles. The molecule has 0 aliphatic rings. The fourth-order valence-electron chi connectivity index (χ4n) is 1.53. The van der Waals surface area contributed by atoms with E-state index in [1.54, 1.807) is 17.4 Å². The molecule has 2 N–H and O–H groups in total. The zero-order chi connectivity index (χ0) is 12.4. The number of thiazole rings is 1. The van der Waals surface area contributed by atoms with Gasteiger partial charge < -0.3 is 5.73 Å². The van der Waals surface area contributed by atoms with E-state index in [-0.39, 0.29) is 11.9 Å². The van der Waals surface area contributed by atoms with Gasteiger partial charge in [0, 0.05) is 11.3 Å². The van der Waals surface area contributed by atoms with Crippen LogP contribution in [0.4, 0.5) is 4.39 Å². The number of halogens is 1. The van der Waals surface area contributed by atoms with Crippen molar-refractivity contribution >= 4 is 11.3 Å². The van der Waals surface area contributed by atoms with Crippen LogP contribution in [0.15, 0.2) is 18.3 Å². The van der Waals surface area contributed by atoms with Gasteiger partial charge in [-0.2, -0.15) is 0 Å². The van der Waals surface area contributed by atoms with Crippen molar-refractivity contribution in [1.29, 1.82) is 0 Å². The van der Waals surface area contributed by atoms with Crippen molar-refractivity contribution in [3.63, 3.8) is 0 Å². The minimum absolute atomic E-state index is 0.236. The van der Waals surface area contributed by atoms with E-state index in [4.69, 9.17) is 5.73 Å². The summed E-state index contributed by atoms with van der Waals surface area (Å²) in [6.07, 6.45) is 1.82. The number of pyridine rings is 1. The summed E-state index contributed by atoms with van der Waals surface area (Å²) < 4.78 is 12.7. The number of hydrogen-bond donors (Lipinski definition) is 1. The number of nitrogens with two attached hydrogens (primary N) is 1. The van der Waals surface area contributed by atoms with Crippen LogP contribution in [-0.2, 0) is 6.42 Å². The maximum absolute atomic E-state index is 12.7. The number of aromatic nitrogens is 2. The van der Waals surface area contributed by atoms with Crippen LogP contribution >= 0.6 is 11.3 Å². The Morgan fingerprint density at radius 1 is 1.41 bits per heavy atom. The Hall–Kier alpha value is -1.33. The highest BCUT2D eigenvalue weighted by molar-refractivity contribution is 7.11. The molecule has 17 heavy (non-hydrogen) atoms. The zero-order valence-electron chi connectivity index (χ0n) is 9.77. The van der Waals surface area contributed by atoms with Crippen LogP contribution in [0.25, 0.3) is 0 Å². The molecule has 0 aliphatic carbocycles. The SMILES string of the molecule is Cc1nc(CC(N)c2ccc(F)cn2)sc1C. The average molecular weight is 251 g/mol. The van der Waals surface area contributed by atoms with Crippen LogP contribution in [0.2, 0.25) is 0 Å². The summed E-state index contributed by atoms with van der Waals surface area (Å²) in [6.45, 7) is 4.02. The van der Waals surface area contributed by atoms with Gasteiger partial charge in [-0.1, -0.05) is 0 Å². The van der Waals surface area contributed by atoms with Gasteiger partial charge in [0.05, 0.1) is 28.6 Å². The Bertz CT molecular complexity index is 487. The van der Waals surface area contributed by atoms with Crippen molar-refractivity contribution in [2.75, 3.05) is 0 Å². The maximum Gasteiger partial charge on any atom is 0.141 e. The predicted octanol–water partition coefficient (Wildman–Crippen LogP) is 2.54. The second kappa shape index (κ2) is 4.89. The van der Waals surface area contributed by atoms with Crippen molar-refractivity contribution in [1.82, 2.24) is 9.97 Å². The predicted molar refractivity (Wildman–Crippen MR) is 66.4 cm³/mol. The number of hydrogen-bond acceptors (Lipinski definition) is 4. The van der Waals surface area contributed by atoms with Crippen LogP contribution < -0.4 is 5.73 Å². The number of nitrogens with zero attached hydrogens (tertiary/aromatic N) is 2. The molecule has 1 unspecified atom stereocenters. The molecule has 0 radical (unpaired) electrons. The molecule has 3 nitrogen and oxygen atoms in total. The molecule has 1 atom stereocenters. The van der Waals surface area contributed by atoms with Crippen molar-refractivity contribution in [2.45, 2.75) is 26.3 Å². The maximum atomic E-state index is 12.7. The lowest BCUT2D eigenvalue weighted by Crippen LogP contribution is -2.14. The van der Waals surface area contributed by atoms with Crippen LogP contribution in [0.1, 0.15) is 27.3 Å². The monoisotopic (exact) mass is 251 g/mol. The van der Waals surface area contributed by atoms with Crippen LogP contribution in [0.3, 0.4) is 0 Å². The molecule has 0 fully saturated rings. The van der Waals surface area contributed by atoms with E-state index in [1.807, 2.05) is 13.8 Å². The molecule has 2 aromatic heterocycles. The molecule has 0 amide bonds. The highest BCUT2D eigenvalue weighted by Crippen LogP contribution is 2.21. The Morgan fingerprint density at radius 3 is 2.71 bits per heavy atom. The van der Waals surface area contributed by atoms with E-state index in [2.05, 4.69) is 9.97 Å². The summed E-state index contributed by atoms with van der Waals surface area (Å²) in [5.41, 5.74) is 7.76. The normalized spacial score (nSPS) is 12.7. The quantitative estimate of drug-likeness (QED) is 0.912. The van der Waals surface area contributed by atoms with E-state index < -0.39 is 0 Å². The number of rotatable bonds is 3. The second-order valence-electron chi connectivity index (χ2n) is 3.96. The van der Waals surface area contributed by atoms with Gasteiger partial charge in [-0.3, -0.25) is 4.98 Å². The third-order valence-corrected chi connectivity index (χ3v) is 3.69. The first-order valence-corrected chi connectivity index (χ1v) is 6.18. The molecule has 2 rings (SSSR count). The molecule has 0 saturated carbocycles. The Kier molecular flexibility index (Phi) is 3.49. The first kappa shape index (κ1) is 12.1. The van der Waals surface area contributed by atoms with Gasteiger partial charge in [0.2, 0.25) is 0 Å². The minimum Gasteiger partial charge on any atom is -0.322 e. The van der Waals surface area contributed by atoms with Gasteiger partial charge in [0.15, 0.2) is 0 Å². The Morgan fingerprint density at radius 2 is 2.18 bits per heavy atom. The summed E-state index contributed by atoms with van der Waals surface area (Å²) in [5, 5.41) is 0.999. The fraction of sp³-hybridized carbons (Fsp3) is 0.333. The summed E-state index contributed by atoms with van der Waals surface area (Å²) in [7, 11) is 0. The van der Waals surface area contributed by atoms with Crippen molar-refractivity contribution in [3.05, 3.63) is 45.4 Å². The van der Waals surface area contributed by atoms with E-state index in [1.165, 1.54) is 17.1 Å². The van der Waals surface area contributed by atoms with Crippen LogP contribution in [0.5, 0.6) is 0 Å². The molecule has 0 saturated heterocycles. The summed E-state index contributed by atoms with van der Waals surface area (Å²) >= 11 is 1.65. The first-order chi connectivity index (χ1) is 8.06. The lowest BCUT2D eigenvalue weighted by atomic mass is 10.1. The Balaban J connectivity index is 2.11. The molecule has 0 bridgehead atoms. The summed E-state index contributed by atoms with van der Waals surface area (Å²) in [6, 6.07) is 2.76. The minimum atomic E-state index is -0.345. The van der Waals surface area contributed by atoms with Gasteiger partial charge in [0.25, 0.3) is 0 Å². The molecule has 5 heteroatoms. The smallest absolute Gasteiger partial charge is 0.141 e. The molecule has 90 valence electrons. The molecule has 2 heterocycles. The van der Waals surface area contributed by atoms with E-state index in [0.29, 0.717) is 12.1 Å². The van der Waals surface area contributed by atoms with Crippen molar-refractivity contribution in [3.8, 4) is 0 Å². The lowest BCUT2D eigenvalue weighted by Gasteiger charge is -2.08. The molecular formula is C12H14FN3S. The molecule has 0 spiro atoms. The zero-order valence-corrected chi connectivity index (χ0v) is 10.6.